The number of hydrogen-bond donors (Lipinski definition) is 3. The van der Waals surface area contributed by atoms with Crippen molar-refractivity contribution in [2.75, 3.05) is 18.2 Å². The zero-order valence-corrected chi connectivity index (χ0v) is 23.6. The molecule has 0 saturated carbocycles. The molecule has 0 radical (unpaired) electrons. The molecule has 2 heterocycles. The largest absolute Gasteiger partial charge is 0.493 e. The van der Waals surface area contributed by atoms with Crippen molar-refractivity contribution in [1.82, 2.24) is 30.7 Å². The minimum Gasteiger partial charge on any atom is -0.493 e. The Bertz CT molecular complexity index is 1710. The van der Waals surface area contributed by atoms with Crippen LogP contribution in [0.1, 0.15) is 27.3 Å². The Balaban J connectivity index is 1.31. The summed E-state index contributed by atoms with van der Waals surface area (Å²) in [4.78, 5) is 13.1. The average molecular weight is 636 g/mol. The van der Waals surface area contributed by atoms with Gasteiger partial charge in [-0.15, -0.1) is 5.10 Å². The summed E-state index contributed by atoms with van der Waals surface area (Å²) in [5, 5.41) is 22.6. The number of nitrogen functional groups attached to an aromatic ring is 1. The lowest BCUT2D eigenvalue weighted by molar-refractivity contribution is 0.0949. The molecule has 0 aliphatic carbocycles. The van der Waals surface area contributed by atoms with Gasteiger partial charge in [0.1, 0.15) is 12.4 Å². The minimum absolute atomic E-state index is 0.0127. The standard InChI is InChI=1S/C27H23BrFN9O4/c1-40-22-12-17(11-20(28)24(22)41-15-16-7-9-18(29)10-8-16)13-32-34-27(39)23-21(14-31-19-5-3-2-4-6-19)38(37-33-23)26-25(30)35-42-36-26/h2-13,31H,14-15H2,1H3,(H2,30,35)(H,34,39). The Labute approximate surface area is 246 Å². The van der Waals surface area contributed by atoms with Gasteiger partial charge < -0.3 is 20.5 Å². The smallest absolute Gasteiger partial charge is 0.293 e. The molecule has 2 aromatic heterocycles. The molecule has 3 aromatic carbocycles. The maximum Gasteiger partial charge on any atom is 0.293 e. The van der Waals surface area contributed by atoms with E-state index >= 15 is 0 Å². The van der Waals surface area contributed by atoms with Gasteiger partial charge in [-0.1, -0.05) is 35.5 Å². The number of amides is 1. The lowest BCUT2D eigenvalue weighted by Gasteiger charge is -2.13. The Morgan fingerprint density at radius 3 is 2.67 bits per heavy atom. The van der Waals surface area contributed by atoms with E-state index in [1.54, 1.807) is 24.3 Å². The summed E-state index contributed by atoms with van der Waals surface area (Å²) in [5.74, 6) is 0.00806. The minimum atomic E-state index is -0.623. The highest BCUT2D eigenvalue weighted by Crippen LogP contribution is 2.37. The molecule has 0 unspecified atom stereocenters. The van der Waals surface area contributed by atoms with Crippen LogP contribution in [0.3, 0.4) is 0 Å². The lowest BCUT2D eigenvalue weighted by atomic mass is 10.2. The first kappa shape index (κ1) is 28.2. The molecule has 214 valence electrons. The number of methoxy groups -OCH3 is 1. The number of ether oxygens (including phenoxy) is 2. The molecule has 0 bridgehead atoms. The van der Waals surface area contributed by atoms with Gasteiger partial charge in [0, 0.05) is 5.69 Å². The molecular formula is C27H23BrFN9O4. The number of aromatic nitrogens is 5. The molecule has 5 rings (SSSR count). The summed E-state index contributed by atoms with van der Waals surface area (Å²) in [5.41, 5.74) is 10.8. The second-order valence-electron chi connectivity index (χ2n) is 8.64. The van der Waals surface area contributed by atoms with Gasteiger partial charge in [-0.05, 0) is 73.8 Å². The maximum atomic E-state index is 13.2. The number of rotatable bonds is 11. The van der Waals surface area contributed by atoms with Crippen LogP contribution < -0.4 is 25.9 Å². The van der Waals surface area contributed by atoms with E-state index in [9.17, 15) is 9.18 Å². The number of nitrogens with one attached hydrogen (secondary N) is 2. The molecule has 0 fully saturated rings. The Morgan fingerprint density at radius 1 is 1.17 bits per heavy atom. The summed E-state index contributed by atoms with van der Waals surface area (Å²) in [6.07, 6.45) is 1.43. The number of nitrogens with two attached hydrogens (primary N) is 1. The molecule has 42 heavy (non-hydrogen) atoms. The van der Waals surface area contributed by atoms with Crippen molar-refractivity contribution in [1.29, 1.82) is 0 Å². The molecule has 15 heteroatoms. The van der Waals surface area contributed by atoms with Gasteiger partial charge in [0.25, 0.3) is 5.91 Å². The zero-order chi connectivity index (χ0) is 29.5. The first-order valence-corrected chi connectivity index (χ1v) is 13.1. The van der Waals surface area contributed by atoms with Crippen LogP contribution in [-0.2, 0) is 13.2 Å². The van der Waals surface area contributed by atoms with Crippen LogP contribution in [0.5, 0.6) is 11.5 Å². The normalized spacial score (nSPS) is 11.0. The van der Waals surface area contributed by atoms with Crippen molar-refractivity contribution in [3.05, 3.63) is 99.5 Å². The van der Waals surface area contributed by atoms with E-state index in [2.05, 4.69) is 57.0 Å². The monoisotopic (exact) mass is 635 g/mol. The first-order chi connectivity index (χ1) is 20.4. The topological polar surface area (TPSA) is 168 Å². The molecule has 13 nitrogen and oxygen atoms in total. The van der Waals surface area contributed by atoms with Crippen LogP contribution in [0.2, 0.25) is 0 Å². The second-order valence-corrected chi connectivity index (χ2v) is 9.49. The lowest BCUT2D eigenvalue weighted by Crippen LogP contribution is -2.21. The number of hydrazone groups is 1. The van der Waals surface area contributed by atoms with Crippen molar-refractivity contribution < 1.29 is 23.3 Å². The van der Waals surface area contributed by atoms with E-state index in [0.29, 0.717) is 27.2 Å². The van der Waals surface area contributed by atoms with Crippen molar-refractivity contribution >= 4 is 39.6 Å². The SMILES string of the molecule is COc1cc(C=NNC(=O)c2nnn(-c3nonc3N)c2CNc2ccccc2)cc(Br)c1OCc1ccc(F)cc1. The quantitative estimate of drug-likeness (QED) is 0.142. The van der Waals surface area contributed by atoms with Gasteiger partial charge in [0.2, 0.25) is 11.6 Å². The Kier molecular flexibility index (Phi) is 8.67. The highest BCUT2D eigenvalue weighted by Gasteiger charge is 2.24. The Morgan fingerprint density at radius 2 is 1.95 bits per heavy atom. The second kappa shape index (κ2) is 12.9. The summed E-state index contributed by atoms with van der Waals surface area (Å²) in [6.45, 7) is 0.357. The van der Waals surface area contributed by atoms with Crippen LogP contribution in [0.4, 0.5) is 15.9 Å². The van der Waals surface area contributed by atoms with E-state index in [4.69, 9.17) is 15.2 Å². The van der Waals surface area contributed by atoms with Crippen molar-refractivity contribution in [3.8, 4) is 17.3 Å². The third-order valence-electron chi connectivity index (χ3n) is 5.84. The fourth-order valence-electron chi connectivity index (χ4n) is 3.80. The predicted octanol–water partition coefficient (Wildman–Crippen LogP) is 4.10. The van der Waals surface area contributed by atoms with E-state index in [1.165, 1.54) is 30.1 Å². The fourth-order valence-corrected chi connectivity index (χ4v) is 4.37. The van der Waals surface area contributed by atoms with E-state index in [-0.39, 0.29) is 36.3 Å². The number of carbonyl (C=O) groups excluding carboxylic acids is 1. The van der Waals surface area contributed by atoms with Gasteiger partial charge in [-0.25, -0.2) is 14.4 Å². The number of para-hydroxylation sites is 1. The van der Waals surface area contributed by atoms with Gasteiger partial charge in [0.15, 0.2) is 17.2 Å². The molecule has 5 aromatic rings. The molecule has 0 saturated heterocycles. The van der Waals surface area contributed by atoms with Gasteiger partial charge >= 0.3 is 0 Å². The summed E-state index contributed by atoms with van der Waals surface area (Å²) < 4.78 is 31.1. The molecule has 0 spiro atoms. The number of anilines is 2. The van der Waals surface area contributed by atoms with Gasteiger partial charge in [-0.2, -0.15) is 9.78 Å². The number of nitrogens with zero attached hydrogens (tertiary/aromatic N) is 6. The van der Waals surface area contributed by atoms with E-state index in [0.717, 1.165) is 11.3 Å². The first-order valence-electron chi connectivity index (χ1n) is 12.3. The zero-order valence-electron chi connectivity index (χ0n) is 22.0. The van der Waals surface area contributed by atoms with Crippen molar-refractivity contribution in [2.24, 2.45) is 5.10 Å². The predicted molar refractivity (Wildman–Crippen MR) is 154 cm³/mol. The van der Waals surface area contributed by atoms with Crippen LogP contribution in [0, 0.1) is 5.82 Å². The molecule has 4 N–H and O–H groups in total. The van der Waals surface area contributed by atoms with Crippen molar-refractivity contribution in [2.45, 2.75) is 13.2 Å². The van der Waals surface area contributed by atoms with Crippen LogP contribution in [0.25, 0.3) is 5.82 Å². The summed E-state index contributed by atoms with van der Waals surface area (Å²) >= 11 is 3.48. The van der Waals surface area contributed by atoms with Crippen LogP contribution in [-0.4, -0.2) is 44.5 Å². The number of benzene rings is 3. The number of carbonyl (C=O) groups is 1. The molecule has 0 aliphatic rings. The molecule has 0 aliphatic heterocycles. The highest BCUT2D eigenvalue weighted by molar-refractivity contribution is 9.10. The highest BCUT2D eigenvalue weighted by atomic mass is 79.9. The number of hydrogen-bond acceptors (Lipinski definition) is 11. The average Bonchev–Trinajstić information content (AvgIpc) is 3.62. The summed E-state index contributed by atoms with van der Waals surface area (Å²) in [6, 6.07) is 18.8. The van der Waals surface area contributed by atoms with Crippen LogP contribution in [0.15, 0.2) is 80.9 Å². The molecule has 1 amide bonds. The molecule has 0 atom stereocenters. The molecular weight excluding hydrogens is 613 g/mol. The van der Waals surface area contributed by atoms with Crippen molar-refractivity contribution in [3.63, 3.8) is 0 Å². The van der Waals surface area contributed by atoms with Gasteiger partial charge in [0.05, 0.1) is 30.0 Å². The van der Waals surface area contributed by atoms with Crippen LogP contribution >= 0.6 is 15.9 Å². The van der Waals surface area contributed by atoms with E-state index < -0.39 is 5.91 Å². The third kappa shape index (κ3) is 6.52. The fraction of sp³-hybridized carbons (Fsp3) is 0.111. The Hall–Kier alpha value is -5.31. The van der Waals surface area contributed by atoms with Gasteiger partial charge in [-0.3, -0.25) is 4.79 Å². The third-order valence-corrected chi connectivity index (χ3v) is 6.43. The maximum absolute atomic E-state index is 13.2. The number of halogens is 2. The summed E-state index contributed by atoms with van der Waals surface area (Å²) in [7, 11) is 1.50. The van der Waals surface area contributed by atoms with E-state index in [1.807, 2.05) is 30.3 Å².